The number of carbonyl (C=O) groups is 2. The maximum atomic E-state index is 12.8. The molecule has 0 unspecified atom stereocenters. The van der Waals surface area contributed by atoms with E-state index in [2.05, 4.69) is 41.5 Å². The Morgan fingerprint density at radius 1 is 1.06 bits per heavy atom. The first kappa shape index (κ1) is 22.7. The lowest BCUT2D eigenvalue weighted by Crippen LogP contribution is -2.28. The van der Waals surface area contributed by atoms with Gasteiger partial charge in [0.1, 0.15) is 23.8 Å². The van der Waals surface area contributed by atoms with Crippen molar-refractivity contribution >= 4 is 50.6 Å². The lowest BCUT2D eigenvalue weighted by Gasteiger charge is -2.17. The lowest BCUT2D eigenvalue weighted by molar-refractivity contribution is -0.122. The zero-order valence-electron chi connectivity index (χ0n) is 18.9. The van der Waals surface area contributed by atoms with Crippen LogP contribution in [0.15, 0.2) is 77.8 Å². The van der Waals surface area contributed by atoms with Crippen molar-refractivity contribution in [1.82, 2.24) is 19.5 Å². The van der Waals surface area contributed by atoms with E-state index in [1.807, 2.05) is 72.3 Å². The van der Waals surface area contributed by atoms with Crippen LogP contribution in [0.25, 0.3) is 5.82 Å². The number of hydrogen-bond donors (Lipinski definition) is 2. The molecule has 2 N–H and O–H groups in total. The van der Waals surface area contributed by atoms with Crippen molar-refractivity contribution in [3.8, 4) is 5.82 Å². The van der Waals surface area contributed by atoms with Crippen molar-refractivity contribution in [3.63, 3.8) is 0 Å². The van der Waals surface area contributed by atoms with Crippen LogP contribution in [-0.4, -0.2) is 37.9 Å². The second kappa shape index (κ2) is 9.67. The molecule has 35 heavy (non-hydrogen) atoms. The highest BCUT2D eigenvalue weighted by Gasteiger charge is 2.35. The molecule has 1 atom stereocenters. The number of carbonyl (C=O) groups excluding carboxylic acids is 2. The van der Waals surface area contributed by atoms with Gasteiger partial charge in [-0.2, -0.15) is 0 Å². The fourth-order valence-electron chi connectivity index (χ4n) is 3.97. The molecule has 4 aromatic rings. The number of nitrogens with one attached hydrogen (secondary N) is 2. The van der Waals surface area contributed by atoms with Gasteiger partial charge in [0.15, 0.2) is 0 Å². The Kier molecular flexibility index (Phi) is 6.28. The van der Waals surface area contributed by atoms with Crippen molar-refractivity contribution in [2.75, 3.05) is 22.1 Å². The SMILES string of the molecule is Cc1nccn1-c1cc(Nc2ccc(NC(=O)[C@H]3CC(=O)N(c4cccc(Br)c4)C3)cc2)ncn1. The van der Waals surface area contributed by atoms with Crippen molar-refractivity contribution in [3.05, 3.63) is 83.6 Å². The molecule has 2 aromatic heterocycles. The van der Waals surface area contributed by atoms with E-state index in [1.54, 1.807) is 11.1 Å². The smallest absolute Gasteiger partial charge is 0.229 e. The molecule has 2 amide bonds. The Morgan fingerprint density at radius 2 is 1.86 bits per heavy atom. The number of aryl methyl sites for hydroxylation is 1. The molecule has 1 saturated heterocycles. The van der Waals surface area contributed by atoms with Crippen LogP contribution >= 0.6 is 15.9 Å². The van der Waals surface area contributed by atoms with Gasteiger partial charge in [0.05, 0.1) is 5.92 Å². The zero-order valence-corrected chi connectivity index (χ0v) is 20.4. The minimum Gasteiger partial charge on any atom is -0.340 e. The molecule has 5 rings (SSSR count). The number of amides is 2. The van der Waals surface area contributed by atoms with Gasteiger partial charge < -0.3 is 15.5 Å². The summed E-state index contributed by atoms with van der Waals surface area (Å²) < 4.78 is 2.76. The summed E-state index contributed by atoms with van der Waals surface area (Å²) in [6.07, 6.45) is 5.24. The summed E-state index contributed by atoms with van der Waals surface area (Å²) in [4.78, 5) is 39.8. The quantitative estimate of drug-likeness (QED) is 0.380. The molecule has 0 bridgehead atoms. The lowest BCUT2D eigenvalue weighted by atomic mass is 10.1. The van der Waals surface area contributed by atoms with Crippen molar-refractivity contribution in [1.29, 1.82) is 0 Å². The molecule has 0 saturated carbocycles. The number of benzene rings is 2. The maximum Gasteiger partial charge on any atom is 0.229 e. The summed E-state index contributed by atoms with van der Waals surface area (Å²) in [5.41, 5.74) is 2.25. The van der Waals surface area contributed by atoms with Crippen molar-refractivity contribution < 1.29 is 9.59 Å². The van der Waals surface area contributed by atoms with Gasteiger partial charge in [-0.15, -0.1) is 0 Å². The normalized spacial score (nSPS) is 15.3. The minimum atomic E-state index is -0.412. The van der Waals surface area contributed by atoms with E-state index >= 15 is 0 Å². The van der Waals surface area contributed by atoms with Gasteiger partial charge in [0.25, 0.3) is 0 Å². The number of imidazole rings is 1. The average Bonchev–Trinajstić information content (AvgIpc) is 3.46. The van der Waals surface area contributed by atoms with E-state index < -0.39 is 5.92 Å². The Balaban J connectivity index is 1.21. The number of nitrogens with zero attached hydrogens (tertiary/aromatic N) is 5. The Labute approximate surface area is 210 Å². The van der Waals surface area contributed by atoms with Gasteiger partial charge in [0, 0.05) is 53.0 Å². The molecule has 1 aliphatic heterocycles. The Bertz CT molecular complexity index is 1390. The summed E-state index contributed by atoms with van der Waals surface area (Å²) in [6.45, 7) is 2.26. The van der Waals surface area contributed by atoms with Crippen LogP contribution in [0, 0.1) is 12.8 Å². The highest BCUT2D eigenvalue weighted by atomic mass is 79.9. The monoisotopic (exact) mass is 531 g/mol. The maximum absolute atomic E-state index is 12.8. The predicted molar refractivity (Wildman–Crippen MR) is 137 cm³/mol. The molecule has 3 heterocycles. The highest BCUT2D eigenvalue weighted by molar-refractivity contribution is 9.10. The summed E-state index contributed by atoms with van der Waals surface area (Å²) in [5, 5.41) is 6.16. The summed E-state index contributed by atoms with van der Waals surface area (Å²) in [6, 6.07) is 16.7. The van der Waals surface area contributed by atoms with Crippen LogP contribution in [0.2, 0.25) is 0 Å². The van der Waals surface area contributed by atoms with E-state index in [0.29, 0.717) is 23.9 Å². The fourth-order valence-corrected chi connectivity index (χ4v) is 4.36. The largest absolute Gasteiger partial charge is 0.340 e. The summed E-state index contributed by atoms with van der Waals surface area (Å²) in [7, 11) is 0. The molecule has 176 valence electrons. The van der Waals surface area contributed by atoms with Crippen LogP contribution < -0.4 is 15.5 Å². The van der Waals surface area contributed by atoms with Gasteiger partial charge in [-0.1, -0.05) is 22.0 Å². The van der Waals surface area contributed by atoms with Crippen LogP contribution in [-0.2, 0) is 9.59 Å². The molecule has 0 radical (unpaired) electrons. The molecule has 10 heteroatoms. The van der Waals surface area contributed by atoms with Crippen LogP contribution in [0.1, 0.15) is 12.2 Å². The predicted octanol–water partition coefficient (Wildman–Crippen LogP) is 4.47. The van der Waals surface area contributed by atoms with E-state index in [-0.39, 0.29) is 18.2 Å². The zero-order chi connectivity index (χ0) is 24.4. The second-order valence-corrected chi connectivity index (χ2v) is 9.10. The van der Waals surface area contributed by atoms with E-state index in [0.717, 1.165) is 21.7 Å². The fraction of sp³-hybridized carbons (Fsp3) is 0.160. The third-order valence-electron chi connectivity index (χ3n) is 5.77. The molecular formula is C25H22BrN7O2. The highest BCUT2D eigenvalue weighted by Crippen LogP contribution is 2.28. The third kappa shape index (κ3) is 5.07. The van der Waals surface area contributed by atoms with E-state index in [9.17, 15) is 9.59 Å². The molecule has 1 fully saturated rings. The Morgan fingerprint density at radius 3 is 2.60 bits per heavy atom. The van der Waals surface area contributed by atoms with Gasteiger partial charge >= 0.3 is 0 Å². The average molecular weight is 532 g/mol. The van der Waals surface area contributed by atoms with E-state index in [1.165, 1.54) is 6.33 Å². The van der Waals surface area contributed by atoms with Crippen molar-refractivity contribution in [2.45, 2.75) is 13.3 Å². The number of hydrogen-bond acceptors (Lipinski definition) is 6. The van der Waals surface area contributed by atoms with Gasteiger partial charge in [-0.05, 0) is 49.4 Å². The van der Waals surface area contributed by atoms with Gasteiger partial charge in [-0.3, -0.25) is 14.2 Å². The van der Waals surface area contributed by atoms with E-state index in [4.69, 9.17) is 0 Å². The van der Waals surface area contributed by atoms with Gasteiger partial charge in [-0.25, -0.2) is 15.0 Å². The number of aromatic nitrogens is 4. The third-order valence-corrected chi connectivity index (χ3v) is 6.26. The molecular weight excluding hydrogens is 510 g/mol. The second-order valence-electron chi connectivity index (χ2n) is 8.18. The van der Waals surface area contributed by atoms with Crippen LogP contribution in [0.5, 0.6) is 0 Å². The topological polar surface area (TPSA) is 105 Å². The standard InChI is InChI=1S/C25H22BrN7O2/c1-16-27-9-10-32(16)23-13-22(28-15-29-23)30-19-5-7-20(8-6-19)31-25(35)17-11-24(34)33(14-17)21-4-2-3-18(26)12-21/h2-10,12-13,15,17H,11,14H2,1H3,(H,31,35)(H,28,29,30)/t17-/m0/s1. The first-order chi connectivity index (χ1) is 17.0. The number of anilines is 4. The first-order valence-corrected chi connectivity index (χ1v) is 11.8. The first-order valence-electron chi connectivity index (χ1n) is 11.0. The van der Waals surface area contributed by atoms with Crippen molar-refractivity contribution in [2.24, 2.45) is 5.92 Å². The van der Waals surface area contributed by atoms with Gasteiger partial charge in [0.2, 0.25) is 11.8 Å². The minimum absolute atomic E-state index is 0.0575. The summed E-state index contributed by atoms with van der Waals surface area (Å²) in [5.74, 6) is 1.54. The van der Waals surface area contributed by atoms with Crippen LogP contribution in [0.4, 0.5) is 22.9 Å². The molecule has 0 aliphatic carbocycles. The summed E-state index contributed by atoms with van der Waals surface area (Å²) >= 11 is 3.43. The molecule has 1 aliphatic rings. The molecule has 9 nitrogen and oxygen atoms in total. The Hall–Kier alpha value is -4.05. The number of halogens is 1. The number of rotatable bonds is 6. The van der Waals surface area contributed by atoms with Crippen LogP contribution in [0.3, 0.4) is 0 Å². The molecule has 0 spiro atoms. The molecule has 2 aromatic carbocycles.